The van der Waals surface area contributed by atoms with Crippen LogP contribution in [0.3, 0.4) is 0 Å². The molecule has 0 aliphatic heterocycles. The fourth-order valence-corrected chi connectivity index (χ4v) is 1.28. The van der Waals surface area contributed by atoms with E-state index in [1.54, 1.807) is 13.1 Å². The highest BCUT2D eigenvalue weighted by molar-refractivity contribution is 9.10. The Balaban J connectivity index is 2.76. The molecule has 0 bridgehead atoms. The molecule has 0 aliphatic rings. The van der Waals surface area contributed by atoms with Gasteiger partial charge in [0.2, 0.25) is 0 Å². The zero-order valence-corrected chi connectivity index (χ0v) is 8.97. The van der Waals surface area contributed by atoms with Crippen LogP contribution in [-0.4, -0.2) is 20.1 Å². The zero-order valence-electron chi connectivity index (χ0n) is 7.39. The number of hydrogen-bond donors (Lipinski definition) is 1. The lowest BCUT2D eigenvalue weighted by Crippen LogP contribution is -2.03. The highest BCUT2D eigenvalue weighted by Gasteiger charge is 2.12. The number of rotatable bonds is 3. The second-order valence-electron chi connectivity index (χ2n) is 2.38. The maximum absolute atomic E-state index is 10.9. The molecule has 4 nitrogen and oxygen atoms in total. The summed E-state index contributed by atoms with van der Waals surface area (Å²) in [5.74, 6) is 0.861. The summed E-state index contributed by atoms with van der Waals surface area (Å²) in [6, 6.07) is 1.76. The van der Waals surface area contributed by atoms with Gasteiger partial charge in [-0.25, -0.2) is 0 Å². The van der Waals surface area contributed by atoms with Gasteiger partial charge in [0.05, 0.1) is 11.6 Å². The minimum atomic E-state index is -0.322. The average Bonchev–Trinajstić information content (AvgIpc) is 2.47. The van der Waals surface area contributed by atoms with Gasteiger partial charge in [0.1, 0.15) is 12.2 Å². The molecule has 0 amide bonds. The van der Waals surface area contributed by atoms with Gasteiger partial charge < -0.3 is 14.5 Å². The van der Waals surface area contributed by atoms with Gasteiger partial charge in [-0.05, 0) is 15.9 Å². The highest BCUT2D eigenvalue weighted by Crippen LogP contribution is 2.25. The van der Waals surface area contributed by atoms with E-state index in [0.717, 1.165) is 4.47 Å². The van der Waals surface area contributed by atoms with Crippen LogP contribution in [0.15, 0.2) is 15.0 Å². The molecule has 0 saturated carbocycles. The topological polar surface area (TPSA) is 51.5 Å². The third-order valence-electron chi connectivity index (χ3n) is 1.54. The van der Waals surface area contributed by atoms with Crippen LogP contribution in [0.25, 0.3) is 0 Å². The second kappa shape index (κ2) is 4.32. The summed E-state index contributed by atoms with van der Waals surface area (Å²) in [5.41, 5.74) is 0. The van der Waals surface area contributed by atoms with E-state index in [4.69, 9.17) is 4.42 Å². The molecule has 0 aliphatic carbocycles. The monoisotopic (exact) mass is 247 g/mol. The Hall–Kier alpha value is -0.970. The second-order valence-corrected chi connectivity index (χ2v) is 3.24. The first-order valence-electron chi connectivity index (χ1n) is 3.70. The van der Waals surface area contributed by atoms with E-state index in [-0.39, 0.29) is 12.4 Å². The molecular weight excluding hydrogens is 238 g/mol. The number of methoxy groups -OCH3 is 1. The van der Waals surface area contributed by atoms with Crippen molar-refractivity contribution in [2.45, 2.75) is 6.42 Å². The van der Waals surface area contributed by atoms with Gasteiger partial charge in [-0.1, -0.05) is 0 Å². The lowest BCUT2D eigenvalue weighted by atomic mass is 10.3. The summed E-state index contributed by atoms with van der Waals surface area (Å²) in [7, 11) is 3.09. The first-order valence-corrected chi connectivity index (χ1v) is 4.49. The number of anilines is 1. The van der Waals surface area contributed by atoms with Crippen molar-refractivity contribution in [1.82, 2.24) is 0 Å². The Morgan fingerprint density at radius 1 is 1.77 bits per heavy atom. The summed E-state index contributed by atoms with van der Waals surface area (Å²) in [6.07, 6.45) is 0.138. The number of hydrogen-bond acceptors (Lipinski definition) is 4. The minimum Gasteiger partial charge on any atom is -0.469 e. The van der Waals surface area contributed by atoms with Crippen molar-refractivity contribution < 1.29 is 13.9 Å². The van der Waals surface area contributed by atoms with Crippen molar-refractivity contribution >= 4 is 27.8 Å². The van der Waals surface area contributed by atoms with Crippen LogP contribution in [0, 0.1) is 0 Å². The largest absolute Gasteiger partial charge is 0.469 e. The number of carbonyl (C=O) groups excluding carboxylic acids is 1. The van der Waals surface area contributed by atoms with E-state index in [2.05, 4.69) is 26.0 Å². The molecule has 0 radical (unpaired) electrons. The normalized spacial score (nSPS) is 9.77. The Kier molecular flexibility index (Phi) is 3.36. The summed E-state index contributed by atoms with van der Waals surface area (Å²) in [5, 5.41) is 2.83. The van der Waals surface area contributed by atoms with Crippen molar-refractivity contribution in [2.24, 2.45) is 0 Å². The van der Waals surface area contributed by atoms with Gasteiger partial charge >= 0.3 is 5.97 Å². The van der Waals surface area contributed by atoms with Gasteiger partial charge in [0.25, 0.3) is 0 Å². The van der Waals surface area contributed by atoms with Gasteiger partial charge in [0.15, 0.2) is 5.88 Å². The minimum absolute atomic E-state index is 0.138. The Morgan fingerprint density at radius 2 is 2.46 bits per heavy atom. The van der Waals surface area contributed by atoms with Crippen LogP contribution in [0.1, 0.15) is 5.76 Å². The maximum Gasteiger partial charge on any atom is 0.313 e. The van der Waals surface area contributed by atoms with E-state index < -0.39 is 0 Å². The third-order valence-corrected chi connectivity index (χ3v) is 2.21. The number of esters is 1. The molecule has 1 N–H and O–H groups in total. The summed E-state index contributed by atoms with van der Waals surface area (Å²) in [6.45, 7) is 0. The van der Waals surface area contributed by atoms with Crippen LogP contribution in [-0.2, 0) is 16.0 Å². The third kappa shape index (κ3) is 2.48. The first-order chi connectivity index (χ1) is 6.17. The quantitative estimate of drug-likeness (QED) is 0.828. The zero-order chi connectivity index (χ0) is 9.84. The van der Waals surface area contributed by atoms with Crippen molar-refractivity contribution in [1.29, 1.82) is 0 Å². The number of halogens is 1. The predicted octanol–water partition coefficient (Wildman–Crippen LogP) is 1.80. The van der Waals surface area contributed by atoms with E-state index in [1.165, 1.54) is 7.11 Å². The molecule has 1 aromatic heterocycles. The summed E-state index contributed by atoms with van der Waals surface area (Å²) < 4.78 is 10.6. The van der Waals surface area contributed by atoms with Crippen molar-refractivity contribution in [3.63, 3.8) is 0 Å². The molecule has 0 unspecified atom stereocenters. The molecule has 0 atom stereocenters. The van der Waals surface area contributed by atoms with Crippen molar-refractivity contribution in [2.75, 3.05) is 19.5 Å². The SMILES string of the molecule is CNc1cc(Br)c(CC(=O)OC)o1. The number of nitrogens with one attached hydrogen (secondary N) is 1. The van der Waals surface area contributed by atoms with Gasteiger partial charge in [-0.3, -0.25) is 4.79 Å². The lowest BCUT2D eigenvalue weighted by molar-refractivity contribution is -0.140. The molecule has 72 valence electrons. The van der Waals surface area contributed by atoms with E-state index in [1.807, 2.05) is 0 Å². The van der Waals surface area contributed by atoms with Gasteiger partial charge in [-0.15, -0.1) is 0 Å². The van der Waals surface area contributed by atoms with Crippen LogP contribution in [0.4, 0.5) is 5.88 Å². The molecule has 1 aromatic rings. The van der Waals surface area contributed by atoms with E-state index in [9.17, 15) is 4.79 Å². The maximum atomic E-state index is 10.9. The number of furan rings is 1. The molecule has 5 heteroatoms. The first kappa shape index (κ1) is 10.1. The number of ether oxygens (including phenoxy) is 1. The van der Waals surface area contributed by atoms with Crippen LogP contribution >= 0.6 is 15.9 Å². The Morgan fingerprint density at radius 3 is 2.92 bits per heavy atom. The van der Waals surface area contributed by atoms with E-state index in [0.29, 0.717) is 11.6 Å². The van der Waals surface area contributed by atoms with Crippen molar-refractivity contribution in [3.8, 4) is 0 Å². The molecule has 13 heavy (non-hydrogen) atoms. The molecular formula is C8H10BrNO3. The summed E-state index contributed by atoms with van der Waals surface area (Å²) in [4.78, 5) is 10.9. The highest BCUT2D eigenvalue weighted by atomic mass is 79.9. The van der Waals surface area contributed by atoms with Gasteiger partial charge in [-0.2, -0.15) is 0 Å². The van der Waals surface area contributed by atoms with E-state index >= 15 is 0 Å². The molecule has 0 aromatic carbocycles. The summed E-state index contributed by atoms with van der Waals surface area (Å²) >= 11 is 3.27. The lowest BCUT2D eigenvalue weighted by Gasteiger charge is -1.96. The molecule has 0 spiro atoms. The van der Waals surface area contributed by atoms with Crippen LogP contribution in [0.5, 0.6) is 0 Å². The molecule has 1 heterocycles. The molecule has 0 saturated heterocycles. The van der Waals surface area contributed by atoms with Crippen LogP contribution in [0.2, 0.25) is 0 Å². The smallest absolute Gasteiger partial charge is 0.313 e. The molecule has 1 rings (SSSR count). The standard InChI is InChI=1S/C8H10BrNO3/c1-10-7-3-5(9)6(13-7)4-8(11)12-2/h3,10H,4H2,1-2H3. The Labute approximate surface area is 84.4 Å². The fourth-order valence-electron chi connectivity index (χ4n) is 0.854. The molecule has 0 fully saturated rings. The fraction of sp³-hybridized carbons (Fsp3) is 0.375. The van der Waals surface area contributed by atoms with Crippen LogP contribution < -0.4 is 5.32 Å². The predicted molar refractivity (Wildman–Crippen MR) is 51.7 cm³/mol. The van der Waals surface area contributed by atoms with Gasteiger partial charge in [0, 0.05) is 13.1 Å². The number of carbonyl (C=O) groups is 1. The van der Waals surface area contributed by atoms with Crippen molar-refractivity contribution in [3.05, 3.63) is 16.3 Å². The Bertz CT molecular complexity index is 308. The average molecular weight is 248 g/mol.